The quantitative estimate of drug-likeness (QED) is 0.340. The van der Waals surface area contributed by atoms with Crippen LogP contribution >= 0.6 is 23.4 Å². The second-order valence-electron chi connectivity index (χ2n) is 9.74. The van der Waals surface area contributed by atoms with Crippen LogP contribution in [0.5, 0.6) is 0 Å². The van der Waals surface area contributed by atoms with Crippen molar-refractivity contribution < 1.29 is 23.9 Å². The smallest absolute Gasteiger partial charge is 0.408 e. The predicted molar refractivity (Wildman–Crippen MR) is 135 cm³/mol. The molecule has 3 atom stereocenters. The zero-order chi connectivity index (χ0) is 25.2. The molecule has 186 valence electrons. The van der Waals surface area contributed by atoms with Crippen LogP contribution in [0.3, 0.4) is 0 Å². The van der Waals surface area contributed by atoms with Gasteiger partial charge in [-0.05, 0) is 31.9 Å². The molecule has 0 radical (unpaired) electrons. The number of nitrogens with one attached hydrogen (secondary N) is 1. The van der Waals surface area contributed by atoms with E-state index in [-0.39, 0.29) is 23.7 Å². The highest BCUT2D eigenvalue weighted by Crippen LogP contribution is 2.48. The Morgan fingerprint density at radius 3 is 2.17 bits per heavy atom. The molecule has 0 spiro atoms. The highest BCUT2D eigenvalue weighted by atomic mass is 35.5. The molecule has 0 bridgehead atoms. The Morgan fingerprint density at radius 2 is 1.69 bits per heavy atom. The molecule has 4 rings (SSSR count). The van der Waals surface area contributed by atoms with E-state index in [9.17, 15) is 14.4 Å². The lowest BCUT2D eigenvalue weighted by Gasteiger charge is -2.53. The van der Waals surface area contributed by atoms with Crippen molar-refractivity contribution in [1.82, 2.24) is 10.2 Å². The maximum absolute atomic E-state index is 13.9. The monoisotopic (exact) mass is 516 g/mol. The maximum atomic E-state index is 13.9. The number of β-lactam (4-membered cyclic amide) rings is 1. The SMILES string of the molecule is CC(C)(C)OC(=O)NC1S[C@@H]2CC(=O)N2CC1(CCl)C(=O)OC(c1ccccc1)c1ccccc1. The molecule has 2 heterocycles. The van der Waals surface area contributed by atoms with Crippen LogP contribution in [-0.2, 0) is 19.1 Å². The molecule has 2 aliphatic rings. The number of thioether (sulfide) groups is 1. The molecule has 2 aromatic rings. The van der Waals surface area contributed by atoms with Crippen molar-refractivity contribution in [3.05, 3.63) is 71.8 Å². The van der Waals surface area contributed by atoms with E-state index in [4.69, 9.17) is 21.1 Å². The first kappa shape index (κ1) is 25.4. The lowest BCUT2D eigenvalue weighted by Crippen LogP contribution is -2.68. The van der Waals surface area contributed by atoms with Gasteiger partial charge in [-0.15, -0.1) is 23.4 Å². The van der Waals surface area contributed by atoms with Gasteiger partial charge in [0.05, 0.1) is 17.2 Å². The van der Waals surface area contributed by atoms with E-state index >= 15 is 0 Å². The van der Waals surface area contributed by atoms with Crippen LogP contribution in [0.1, 0.15) is 44.4 Å². The van der Waals surface area contributed by atoms with Gasteiger partial charge in [0, 0.05) is 12.4 Å². The molecule has 7 nitrogen and oxygen atoms in total. The summed E-state index contributed by atoms with van der Waals surface area (Å²) in [4.78, 5) is 40.5. The van der Waals surface area contributed by atoms with Crippen molar-refractivity contribution in [3.63, 3.8) is 0 Å². The molecule has 0 aliphatic carbocycles. The van der Waals surface area contributed by atoms with Crippen molar-refractivity contribution in [2.75, 3.05) is 12.4 Å². The summed E-state index contributed by atoms with van der Waals surface area (Å²) in [7, 11) is 0. The number of hydrogen-bond donors (Lipinski definition) is 1. The largest absolute Gasteiger partial charge is 0.452 e. The van der Waals surface area contributed by atoms with Crippen molar-refractivity contribution >= 4 is 41.3 Å². The number of nitrogens with zero attached hydrogens (tertiary/aromatic N) is 1. The highest BCUT2D eigenvalue weighted by Gasteiger charge is 2.59. The molecule has 0 saturated carbocycles. The summed E-state index contributed by atoms with van der Waals surface area (Å²) in [5, 5.41) is 1.96. The second kappa shape index (κ2) is 10.1. The van der Waals surface area contributed by atoms with Crippen LogP contribution in [0.25, 0.3) is 0 Å². The third kappa shape index (κ3) is 5.43. The van der Waals surface area contributed by atoms with Crippen molar-refractivity contribution in [1.29, 1.82) is 0 Å². The number of halogens is 1. The average molecular weight is 517 g/mol. The summed E-state index contributed by atoms with van der Waals surface area (Å²) < 4.78 is 11.6. The topological polar surface area (TPSA) is 84.9 Å². The van der Waals surface area contributed by atoms with E-state index < -0.39 is 34.6 Å². The van der Waals surface area contributed by atoms with Crippen LogP contribution in [0.15, 0.2) is 60.7 Å². The molecule has 1 N–H and O–H groups in total. The van der Waals surface area contributed by atoms with Crippen molar-refractivity contribution in [2.45, 2.75) is 49.6 Å². The minimum absolute atomic E-state index is 0.0526. The van der Waals surface area contributed by atoms with E-state index in [0.29, 0.717) is 6.42 Å². The average Bonchev–Trinajstić information content (AvgIpc) is 2.82. The summed E-state index contributed by atoms with van der Waals surface area (Å²) in [5.74, 6) is -0.786. The lowest BCUT2D eigenvalue weighted by atomic mass is 9.86. The standard InChI is InChI=1S/C26H29ClN2O5S/c1-25(2,3)34-24(32)28-22-26(15-27,16-29-19(30)14-20(29)35-22)23(31)33-21(17-10-6-4-7-11-17)18-12-8-5-9-13-18/h4-13,20-22H,14-16H2,1-3H3,(H,28,32)/t20-,22?,26?/m1/s1. The molecular weight excluding hydrogens is 488 g/mol. The summed E-state index contributed by atoms with van der Waals surface area (Å²) in [6, 6.07) is 18.8. The van der Waals surface area contributed by atoms with Gasteiger partial charge in [-0.2, -0.15) is 0 Å². The first-order valence-corrected chi connectivity index (χ1v) is 12.9. The van der Waals surface area contributed by atoms with E-state index in [0.717, 1.165) is 11.1 Å². The molecule has 2 fully saturated rings. The fourth-order valence-electron chi connectivity index (χ4n) is 4.14. The fourth-order valence-corrected chi connectivity index (χ4v) is 6.15. The molecular formula is C26H29ClN2O5S. The zero-order valence-corrected chi connectivity index (χ0v) is 21.5. The van der Waals surface area contributed by atoms with E-state index in [1.807, 2.05) is 60.7 Å². The molecule has 2 saturated heterocycles. The molecule has 2 amide bonds. The van der Waals surface area contributed by atoms with Crippen LogP contribution in [0.2, 0.25) is 0 Å². The van der Waals surface area contributed by atoms with Crippen molar-refractivity contribution in [2.24, 2.45) is 5.41 Å². The van der Waals surface area contributed by atoms with Gasteiger partial charge in [-0.25, -0.2) is 4.79 Å². The number of carbonyl (C=O) groups excluding carboxylic acids is 3. The van der Waals surface area contributed by atoms with Crippen LogP contribution in [-0.4, -0.2) is 51.6 Å². The van der Waals surface area contributed by atoms with Crippen molar-refractivity contribution in [3.8, 4) is 0 Å². The van der Waals surface area contributed by atoms with Crippen LogP contribution in [0.4, 0.5) is 4.79 Å². The number of alkyl halides is 1. The number of benzene rings is 2. The maximum Gasteiger partial charge on any atom is 0.408 e. The molecule has 2 aromatic carbocycles. The van der Waals surface area contributed by atoms with E-state index in [1.54, 1.807) is 25.7 Å². The van der Waals surface area contributed by atoms with Gasteiger partial charge >= 0.3 is 12.1 Å². The van der Waals surface area contributed by atoms with Gasteiger partial charge in [-0.3, -0.25) is 9.59 Å². The highest BCUT2D eigenvalue weighted by molar-refractivity contribution is 8.00. The van der Waals surface area contributed by atoms with E-state index in [2.05, 4.69) is 5.32 Å². The number of rotatable bonds is 6. The first-order valence-electron chi connectivity index (χ1n) is 11.4. The minimum atomic E-state index is -1.36. The van der Waals surface area contributed by atoms with Gasteiger partial charge < -0.3 is 19.7 Å². The van der Waals surface area contributed by atoms with Gasteiger partial charge in [0.2, 0.25) is 5.91 Å². The second-order valence-corrected chi connectivity index (χ2v) is 11.3. The number of hydrogen-bond acceptors (Lipinski definition) is 6. The Bertz CT molecular complexity index is 1040. The Hall–Kier alpha value is -2.71. The van der Waals surface area contributed by atoms with Crippen LogP contribution < -0.4 is 5.32 Å². The lowest BCUT2D eigenvalue weighted by molar-refractivity contribution is -0.164. The third-order valence-corrected chi connectivity index (χ3v) is 8.04. The Labute approximate surface area is 214 Å². The van der Waals surface area contributed by atoms with Gasteiger partial charge in [0.1, 0.15) is 11.0 Å². The first-order chi connectivity index (χ1) is 16.6. The molecule has 0 aromatic heterocycles. The number of fused-ring (bicyclic) bond motifs is 1. The summed E-state index contributed by atoms with van der Waals surface area (Å²) in [5.41, 5.74) is -0.473. The number of amides is 2. The fraction of sp³-hybridized carbons (Fsp3) is 0.423. The van der Waals surface area contributed by atoms with Gasteiger partial charge in [0.15, 0.2) is 6.10 Å². The summed E-state index contributed by atoms with van der Waals surface area (Å²) in [6.45, 7) is 5.35. The van der Waals surface area contributed by atoms with Crippen LogP contribution in [0, 0.1) is 5.41 Å². The molecule has 35 heavy (non-hydrogen) atoms. The molecule has 2 unspecified atom stereocenters. The van der Waals surface area contributed by atoms with Gasteiger partial charge in [-0.1, -0.05) is 60.7 Å². The Balaban J connectivity index is 1.65. The number of alkyl carbamates (subject to hydrolysis) is 1. The number of esters is 1. The number of carbonyl (C=O) groups is 3. The Morgan fingerprint density at radius 1 is 1.11 bits per heavy atom. The summed E-state index contributed by atoms with van der Waals surface area (Å²) in [6.07, 6.45) is -0.984. The minimum Gasteiger partial charge on any atom is -0.452 e. The normalized spacial score (nSPS) is 23.8. The van der Waals surface area contributed by atoms with Gasteiger partial charge in [0.25, 0.3) is 0 Å². The third-order valence-electron chi connectivity index (χ3n) is 5.99. The number of ether oxygens (including phenoxy) is 2. The Kier molecular flexibility index (Phi) is 7.33. The predicted octanol–water partition coefficient (Wildman–Crippen LogP) is 4.70. The zero-order valence-electron chi connectivity index (χ0n) is 19.9. The summed E-state index contributed by atoms with van der Waals surface area (Å²) >= 11 is 7.79. The molecule has 2 aliphatic heterocycles. The van der Waals surface area contributed by atoms with E-state index in [1.165, 1.54) is 11.8 Å². The molecule has 9 heteroatoms.